The van der Waals surface area contributed by atoms with Gasteiger partial charge in [-0.3, -0.25) is 19.3 Å². The minimum atomic E-state index is -0.814. The van der Waals surface area contributed by atoms with Gasteiger partial charge in [-0.25, -0.2) is 0 Å². The predicted molar refractivity (Wildman–Crippen MR) is 163 cm³/mol. The first-order valence-corrected chi connectivity index (χ1v) is 16.4. The van der Waals surface area contributed by atoms with Crippen molar-refractivity contribution in [1.82, 2.24) is 25.3 Å². The first kappa shape index (κ1) is 31.0. The number of piperazine rings is 1. The molecule has 9 heteroatoms. The normalized spacial score (nSPS) is 25.4. The molecule has 4 fully saturated rings. The molecule has 3 aliphatic heterocycles. The number of amides is 3. The average molecular weight is 582 g/mol. The second-order valence-electron chi connectivity index (χ2n) is 13.0. The van der Waals surface area contributed by atoms with Gasteiger partial charge in [0.2, 0.25) is 11.8 Å². The summed E-state index contributed by atoms with van der Waals surface area (Å²) < 4.78 is 0. The fraction of sp³-hybridized carbons (Fsp3) is 0.727. The Bertz CT molecular complexity index is 1070. The van der Waals surface area contributed by atoms with Gasteiger partial charge in [0.05, 0.1) is 6.10 Å². The minimum absolute atomic E-state index is 0.0602. The van der Waals surface area contributed by atoms with Gasteiger partial charge in [-0.05, 0) is 81.6 Å². The van der Waals surface area contributed by atoms with E-state index in [0.717, 1.165) is 84.1 Å². The van der Waals surface area contributed by atoms with E-state index in [-0.39, 0.29) is 23.6 Å². The van der Waals surface area contributed by atoms with Gasteiger partial charge in [0.25, 0.3) is 5.91 Å². The van der Waals surface area contributed by atoms with E-state index in [4.69, 9.17) is 0 Å². The Hall–Kier alpha value is -2.49. The Kier molecular flexibility index (Phi) is 10.2. The first-order chi connectivity index (χ1) is 20.4. The highest BCUT2D eigenvalue weighted by Crippen LogP contribution is 2.37. The van der Waals surface area contributed by atoms with Gasteiger partial charge in [-0.2, -0.15) is 0 Å². The molecule has 3 heterocycles. The van der Waals surface area contributed by atoms with Gasteiger partial charge in [0.15, 0.2) is 0 Å². The van der Waals surface area contributed by atoms with E-state index in [9.17, 15) is 19.5 Å². The lowest BCUT2D eigenvalue weighted by Gasteiger charge is -2.54. The summed E-state index contributed by atoms with van der Waals surface area (Å²) in [6.45, 7) is 7.24. The number of carbonyl (C=O) groups is 3. The standard InChI is InChI=1S/C33H51N5O4/c1-3-4-18-38-31(41)28(29(39)25-8-6-5-7-9-25)35-32(42)33(38)16-21-37(22-17-33)27-14-19-36(20-15-27)23-24-10-12-26(13-11-24)30(40)34-2/h10-13,25,27-29,39H,3-9,14-23H2,1-2H3,(H,34,40)(H,35,42)/t28-,29-/m1/s1. The average Bonchev–Trinajstić information content (AvgIpc) is 3.03. The number of nitrogens with one attached hydrogen (secondary N) is 2. The number of nitrogens with zero attached hydrogens (tertiary/aromatic N) is 3. The summed E-state index contributed by atoms with van der Waals surface area (Å²) in [7, 11) is 1.65. The van der Waals surface area contributed by atoms with Crippen molar-refractivity contribution >= 4 is 17.7 Å². The van der Waals surface area contributed by atoms with Crippen molar-refractivity contribution in [1.29, 1.82) is 0 Å². The number of piperidine rings is 2. The molecule has 3 N–H and O–H groups in total. The van der Waals surface area contributed by atoms with Gasteiger partial charge in [0.1, 0.15) is 11.6 Å². The molecule has 2 atom stereocenters. The van der Waals surface area contributed by atoms with E-state index in [1.54, 1.807) is 7.05 Å². The van der Waals surface area contributed by atoms with Crippen molar-refractivity contribution in [3.63, 3.8) is 0 Å². The van der Waals surface area contributed by atoms with Crippen LogP contribution in [-0.2, 0) is 16.1 Å². The minimum Gasteiger partial charge on any atom is -0.390 e. The van der Waals surface area contributed by atoms with Gasteiger partial charge >= 0.3 is 0 Å². The van der Waals surface area contributed by atoms with Crippen LogP contribution in [0, 0.1) is 5.92 Å². The fourth-order valence-corrected chi connectivity index (χ4v) is 7.82. The molecule has 1 spiro atoms. The predicted octanol–water partition coefficient (Wildman–Crippen LogP) is 2.91. The number of carbonyl (C=O) groups excluding carboxylic acids is 3. The van der Waals surface area contributed by atoms with Crippen molar-refractivity contribution < 1.29 is 19.5 Å². The van der Waals surface area contributed by atoms with Crippen LogP contribution in [0.5, 0.6) is 0 Å². The van der Waals surface area contributed by atoms with E-state index >= 15 is 0 Å². The quantitative estimate of drug-likeness (QED) is 0.414. The molecular formula is C33H51N5O4. The Balaban J connectivity index is 1.16. The molecule has 0 bridgehead atoms. The number of benzene rings is 1. The van der Waals surface area contributed by atoms with Crippen molar-refractivity contribution in [3.8, 4) is 0 Å². The largest absolute Gasteiger partial charge is 0.390 e. The third-order valence-corrected chi connectivity index (χ3v) is 10.5. The lowest BCUT2D eigenvalue weighted by Crippen LogP contribution is -2.75. The zero-order valence-corrected chi connectivity index (χ0v) is 25.7. The van der Waals surface area contributed by atoms with Crippen LogP contribution in [-0.4, -0.2) is 101 Å². The van der Waals surface area contributed by atoms with Crippen LogP contribution in [0.2, 0.25) is 0 Å². The summed E-state index contributed by atoms with van der Waals surface area (Å²) in [4.78, 5) is 46.4. The summed E-state index contributed by atoms with van der Waals surface area (Å²) in [5, 5.41) is 16.9. The number of unbranched alkanes of at least 4 members (excludes halogenated alkanes) is 1. The van der Waals surface area contributed by atoms with Crippen LogP contribution < -0.4 is 10.6 Å². The van der Waals surface area contributed by atoms with E-state index in [1.165, 1.54) is 12.0 Å². The molecule has 42 heavy (non-hydrogen) atoms. The number of aliphatic hydroxyl groups is 1. The maximum absolute atomic E-state index is 13.9. The molecule has 5 rings (SSSR count). The number of hydrogen-bond donors (Lipinski definition) is 3. The monoisotopic (exact) mass is 581 g/mol. The number of aliphatic hydroxyl groups excluding tert-OH is 1. The molecule has 1 aromatic rings. The molecule has 3 saturated heterocycles. The van der Waals surface area contributed by atoms with Crippen LogP contribution in [0.15, 0.2) is 24.3 Å². The molecule has 1 aromatic carbocycles. The number of rotatable bonds is 9. The molecule has 0 radical (unpaired) electrons. The lowest BCUT2D eigenvalue weighted by atomic mass is 9.77. The van der Waals surface area contributed by atoms with Gasteiger partial charge in [-0.1, -0.05) is 44.7 Å². The summed E-state index contributed by atoms with van der Waals surface area (Å²) in [6.07, 6.45) is 9.71. The molecule has 232 valence electrons. The molecule has 1 aliphatic carbocycles. The van der Waals surface area contributed by atoms with Gasteiger partial charge < -0.3 is 25.5 Å². The Labute approximate surface area is 251 Å². The van der Waals surface area contributed by atoms with Crippen LogP contribution in [0.1, 0.15) is 93.5 Å². The Morgan fingerprint density at radius 3 is 2.31 bits per heavy atom. The SMILES string of the molecule is CCCCN1C(=O)[C@@H]([C@H](O)C2CCCCC2)NC(=O)C12CCN(C1CCN(Cc3ccc(C(=O)NC)cc3)CC1)CC2. The summed E-state index contributed by atoms with van der Waals surface area (Å²) >= 11 is 0. The van der Waals surface area contributed by atoms with Gasteiger partial charge in [-0.15, -0.1) is 0 Å². The highest BCUT2D eigenvalue weighted by Gasteiger charge is 2.55. The van der Waals surface area contributed by atoms with Crippen LogP contribution >= 0.6 is 0 Å². The molecule has 4 aliphatic rings. The zero-order chi connectivity index (χ0) is 29.7. The van der Waals surface area contributed by atoms with Crippen LogP contribution in [0.25, 0.3) is 0 Å². The topological polar surface area (TPSA) is 105 Å². The first-order valence-electron chi connectivity index (χ1n) is 16.4. The lowest BCUT2D eigenvalue weighted by molar-refractivity contribution is -0.166. The molecule has 0 unspecified atom stereocenters. The number of likely N-dealkylation sites (tertiary alicyclic amines) is 2. The molecule has 9 nitrogen and oxygen atoms in total. The summed E-state index contributed by atoms with van der Waals surface area (Å²) in [6, 6.07) is 7.53. The second kappa shape index (κ2) is 13.9. The van der Waals surface area contributed by atoms with Crippen LogP contribution in [0.3, 0.4) is 0 Å². The molecule has 1 saturated carbocycles. The molecular weight excluding hydrogens is 530 g/mol. The van der Waals surface area contributed by atoms with Crippen molar-refractivity contribution in [3.05, 3.63) is 35.4 Å². The summed E-state index contributed by atoms with van der Waals surface area (Å²) in [5.74, 6) is -0.114. The van der Waals surface area contributed by atoms with E-state index in [1.807, 2.05) is 29.2 Å². The highest BCUT2D eigenvalue weighted by atomic mass is 16.3. The maximum atomic E-state index is 13.9. The van der Waals surface area contributed by atoms with E-state index in [2.05, 4.69) is 27.4 Å². The van der Waals surface area contributed by atoms with E-state index in [0.29, 0.717) is 31.0 Å². The molecule has 3 amide bonds. The smallest absolute Gasteiger partial charge is 0.251 e. The third kappa shape index (κ3) is 6.53. The van der Waals surface area contributed by atoms with Crippen molar-refractivity contribution in [2.45, 2.75) is 108 Å². The second-order valence-corrected chi connectivity index (χ2v) is 13.0. The Morgan fingerprint density at radius 2 is 1.69 bits per heavy atom. The van der Waals surface area contributed by atoms with Gasteiger partial charge in [0, 0.05) is 44.8 Å². The third-order valence-electron chi connectivity index (χ3n) is 10.5. The molecule has 0 aromatic heterocycles. The summed E-state index contributed by atoms with van der Waals surface area (Å²) in [5.41, 5.74) is 1.10. The van der Waals surface area contributed by atoms with E-state index < -0.39 is 17.7 Å². The van der Waals surface area contributed by atoms with Crippen molar-refractivity contribution in [2.75, 3.05) is 39.8 Å². The zero-order valence-electron chi connectivity index (χ0n) is 25.7. The highest BCUT2D eigenvalue weighted by molar-refractivity contribution is 6.00. The fourth-order valence-electron chi connectivity index (χ4n) is 7.82. The Morgan fingerprint density at radius 1 is 1.02 bits per heavy atom. The van der Waals surface area contributed by atoms with Crippen LogP contribution in [0.4, 0.5) is 0 Å². The number of hydrogen-bond acceptors (Lipinski definition) is 6. The maximum Gasteiger partial charge on any atom is 0.251 e. The van der Waals surface area contributed by atoms with Crippen molar-refractivity contribution in [2.24, 2.45) is 5.92 Å².